The van der Waals surface area contributed by atoms with E-state index in [1.165, 1.54) is 0 Å². The highest BCUT2D eigenvalue weighted by Crippen LogP contribution is 2.32. The topological polar surface area (TPSA) is 77.8 Å². The summed E-state index contributed by atoms with van der Waals surface area (Å²) in [6, 6.07) is 13.3. The maximum atomic E-state index is 12.6. The highest BCUT2D eigenvalue weighted by atomic mass is 16.7. The number of fused-ring (bicyclic) bond motifs is 2. The molecule has 0 fully saturated rings. The van der Waals surface area contributed by atoms with Crippen LogP contribution in [0.1, 0.15) is 11.1 Å². The maximum Gasteiger partial charge on any atom is 0.234 e. The first-order chi connectivity index (χ1) is 14.2. The van der Waals surface area contributed by atoms with Crippen molar-refractivity contribution in [2.24, 2.45) is 0 Å². The van der Waals surface area contributed by atoms with E-state index >= 15 is 0 Å². The van der Waals surface area contributed by atoms with E-state index in [0.717, 1.165) is 28.1 Å². The first-order valence-corrected chi connectivity index (χ1v) is 9.25. The number of rotatable bonds is 4. The van der Waals surface area contributed by atoms with Gasteiger partial charge in [0.1, 0.15) is 0 Å². The van der Waals surface area contributed by atoms with Crippen LogP contribution >= 0.6 is 0 Å². The van der Waals surface area contributed by atoms with Gasteiger partial charge in [0.15, 0.2) is 11.5 Å². The largest absolute Gasteiger partial charge is 0.454 e. The van der Waals surface area contributed by atoms with Crippen molar-refractivity contribution < 1.29 is 14.3 Å². The zero-order chi connectivity index (χ0) is 19.8. The Morgan fingerprint density at radius 2 is 2.07 bits per heavy atom. The Hall–Kier alpha value is -3.87. The lowest BCUT2D eigenvalue weighted by Gasteiger charge is -2.10. The minimum absolute atomic E-state index is 0.0965. The average molecular weight is 386 g/mol. The van der Waals surface area contributed by atoms with E-state index in [0.29, 0.717) is 17.3 Å². The van der Waals surface area contributed by atoms with Crippen LogP contribution in [0.4, 0.5) is 5.69 Å². The molecule has 0 atom stereocenters. The zero-order valence-corrected chi connectivity index (χ0v) is 15.8. The molecular weight excluding hydrogens is 368 g/mol. The molecule has 4 aromatic rings. The number of nitrogens with zero attached hydrogens (tertiary/aromatic N) is 3. The number of benzene rings is 2. The molecule has 2 aromatic heterocycles. The van der Waals surface area contributed by atoms with E-state index < -0.39 is 0 Å². The van der Waals surface area contributed by atoms with Crippen molar-refractivity contribution in [1.82, 2.24) is 14.4 Å². The second kappa shape index (κ2) is 6.94. The Morgan fingerprint density at radius 1 is 1.17 bits per heavy atom. The Balaban J connectivity index is 1.36. The summed E-state index contributed by atoms with van der Waals surface area (Å²) in [5, 5.41) is 3.01. The summed E-state index contributed by atoms with van der Waals surface area (Å²) in [6.07, 6.45) is 5.79. The van der Waals surface area contributed by atoms with Gasteiger partial charge in [-0.05, 0) is 42.3 Å². The summed E-state index contributed by atoms with van der Waals surface area (Å²) in [4.78, 5) is 21.4. The molecule has 1 aliphatic rings. The van der Waals surface area contributed by atoms with Gasteiger partial charge in [-0.25, -0.2) is 9.97 Å². The molecule has 7 nitrogen and oxygen atoms in total. The third-order valence-electron chi connectivity index (χ3n) is 4.84. The number of hydrogen-bond acceptors (Lipinski definition) is 5. The van der Waals surface area contributed by atoms with Crippen LogP contribution in [-0.2, 0) is 11.2 Å². The third-order valence-corrected chi connectivity index (χ3v) is 4.84. The van der Waals surface area contributed by atoms with E-state index in [-0.39, 0.29) is 19.1 Å². The normalized spacial score (nSPS) is 12.3. The average Bonchev–Trinajstić information content (AvgIpc) is 3.35. The molecule has 7 heteroatoms. The summed E-state index contributed by atoms with van der Waals surface area (Å²) >= 11 is 0. The molecule has 0 aliphatic carbocycles. The van der Waals surface area contributed by atoms with Crippen LogP contribution in [-0.4, -0.2) is 27.1 Å². The Labute approximate surface area is 166 Å². The number of carbonyl (C=O) groups is 1. The van der Waals surface area contributed by atoms with Crippen molar-refractivity contribution in [3.63, 3.8) is 0 Å². The van der Waals surface area contributed by atoms with Crippen molar-refractivity contribution in [2.75, 3.05) is 12.1 Å². The lowest BCUT2D eigenvalue weighted by atomic mass is 10.1. The molecule has 0 bridgehead atoms. The highest BCUT2D eigenvalue weighted by molar-refractivity contribution is 5.93. The summed E-state index contributed by atoms with van der Waals surface area (Å²) in [7, 11) is 0. The molecular formula is C22H18N4O3. The molecule has 144 valence electrons. The fraction of sp³-hybridized carbons (Fsp3) is 0.136. The van der Waals surface area contributed by atoms with Crippen molar-refractivity contribution in [3.05, 3.63) is 72.2 Å². The Morgan fingerprint density at radius 3 is 2.97 bits per heavy atom. The van der Waals surface area contributed by atoms with Crippen LogP contribution in [0.25, 0.3) is 17.0 Å². The number of aryl methyl sites for hydroxylation is 1. The predicted molar refractivity (Wildman–Crippen MR) is 108 cm³/mol. The Kier molecular flexibility index (Phi) is 4.13. The van der Waals surface area contributed by atoms with Gasteiger partial charge >= 0.3 is 0 Å². The zero-order valence-electron chi connectivity index (χ0n) is 15.8. The minimum atomic E-state index is -0.0965. The summed E-state index contributed by atoms with van der Waals surface area (Å²) in [6.45, 7) is 2.18. The second-order valence-corrected chi connectivity index (χ2v) is 6.90. The third kappa shape index (κ3) is 3.38. The van der Waals surface area contributed by atoms with Crippen LogP contribution in [0.3, 0.4) is 0 Å². The van der Waals surface area contributed by atoms with Crippen molar-refractivity contribution in [2.45, 2.75) is 13.3 Å². The predicted octanol–water partition coefficient (Wildman–Crippen LogP) is 3.61. The van der Waals surface area contributed by atoms with Gasteiger partial charge < -0.3 is 14.8 Å². The van der Waals surface area contributed by atoms with E-state index in [2.05, 4.69) is 15.3 Å². The molecule has 0 saturated carbocycles. The summed E-state index contributed by atoms with van der Waals surface area (Å²) in [5.41, 5.74) is 4.33. The van der Waals surface area contributed by atoms with Crippen LogP contribution < -0.4 is 14.8 Å². The molecule has 1 aliphatic heterocycles. The molecule has 0 saturated heterocycles. The number of hydrogen-bond donors (Lipinski definition) is 1. The van der Waals surface area contributed by atoms with Gasteiger partial charge in [0.25, 0.3) is 0 Å². The van der Waals surface area contributed by atoms with Crippen molar-refractivity contribution >= 4 is 17.4 Å². The first-order valence-electron chi connectivity index (χ1n) is 9.25. The quantitative estimate of drug-likeness (QED) is 0.580. The Bertz CT molecular complexity index is 1200. The lowest BCUT2D eigenvalue weighted by molar-refractivity contribution is -0.115. The minimum Gasteiger partial charge on any atom is -0.454 e. The molecule has 0 radical (unpaired) electrons. The number of aromatic nitrogens is 3. The molecule has 5 rings (SSSR count). The van der Waals surface area contributed by atoms with Crippen molar-refractivity contribution in [3.8, 4) is 22.8 Å². The SMILES string of the molecule is Cc1ccc(-c2cn3cccnc3n2)cc1NC(=O)Cc1ccc2c(c1)OCO2. The number of nitrogens with one attached hydrogen (secondary N) is 1. The second-order valence-electron chi connectivity index (χ2n) is 6.90. The number of imidazole rings is 1. The van der Waals surface area contributed by atoms with Crippen LogP contribution in [0, 0.1) is 6.92 Å². The molecule has 1 N–H and O–H groups in total. The lowest BCUT2D eigenvalue weighted by Crippen LogP contribution is -2.15. The highest BCUT2D eigenvalue weighted by Gasteiger charge is 2.15. The molecule has 3 heterocycles. The number of ether oxygens (including phenoxy) is 2. The van der Waals surface area contributed by atoms with Gasteiger partial charge in [0.2, 0.25) is 18.5 Å². The van der Waals surface area contributed by atoms with Crippen LogP contribution in [0.2, 0.25) is 0 Å². The summed E-state index contributed by atoms with van der Waals surface area (Å²) in [5.74, 6) is 1.92. The van der Waals surface area contributed by atoms with Gasteiger partial charge in [-0.15, -0.1) is 0 Å². The monoisotopic (exact) mass is 386 g/mol. The summed E-state index contributed by atoms with van der Waals surface area (Å²) < 4.78 is 12.6. The fourth-order valence-electron chi connectivity index (χ4n) is 3.32. The van der Waals surface area contributed by atoms with E-state index in [1.807, 2.05) is 66.2 Å². The number of anilines is 1. The van der Waals surface area contributed by atoms with Crippen LogP contribution in [0.5, 0.6) is 11.5 Å². The molecule has 0 spiro atoms. The number of carbonyl (C=O) groups excluding carboxylic acids is 1. The molecule has 29 heavy (non-hydrogen) atoms. The van der Waals surface area contributed by atoms with Gasteiger partial charge in [0, 0.05) is 29.8 Å². The van der Waals surface area contributed by atoms with Gasteiger partial charge in [-0.2, -0.15) is 0 Å². The smallest absolute Gasteiger partial charge is 0.234 e. The van der Waals surface area contributed by atoms with Gasteiger partial charge in [0.05, 0.1) is 12.1 Å². The van der Waals surface area contributed by atoms with Crippen LogP contribution in [0.15, 0.2) is 61.1 Å². The maximum absolute atomic E-state index is 12.6. The van der Waals surface area contributed by atoms with E-state index in [9.17, 15) is 4.79 Å². The van der Waals surface area contributed by atoms with E-state index in [4.69, 9.17) is 9.47 Å². The first kappa shape index (κ1) is 17.2. The van der Waals surface area contributed by atoms with Gasteiger partial charge in [-0.1, -0.05) is 18.2 Å². The molecule has 2 aromatic carbocycles. The fourth-order valence-corrected chi connectivity index (χ4v) is 3.32. The standard InChI is InChI=1S/C22H18N4O3/c1-14-3-5-16(18-12-26-8-2-7-23-22(26)25-18)11-17(14)24-21(27)10-15-4-6-19-20(9-15)29-13-28-19/h2-9,11-12H,10,13H2,1H3,(H,24,27). The van der Waals surface area contributed by atoms with Crippen molar-refractivity contribution in [1.29, 1.82) is 0 Å². The van der Waals surface area contributed by atoms with E-state index in [1.54, 1.807) is 6.20 Å². The number of amides is 1. The molecule has 0 unspecified atom stereocenters. The molecule has 1 amide bonds. The van der Waals surface area contributed by atoms with Gasteiger partial charge in [-0.3, -0.25) is 9.20 Å².